The van der Waals surface area contributed by atoms with E-state index in [0.29, 0.717) is 48.1 Å². The van der Waals surface area contributed by atoms with E-state index in [-0.39, 0.29) is 5.91 Å². The van der Waals surface area contributed by atoms with Crippen LogP contribution in [0.15, 0.2) is 18.2 Å². The average molecular weight is 316 g/mol. The van der Waals surface area contributed by atoms with Gasteiger partial charge in [-0.2, -0.15) is 0 Å². The molecule has 1 aromatic rings. The van der Waals surface area contributed by atoms with Gasteiger partial charge >= 0.3 is 0 Å². The van der Waals surface area contributed by atoms with Gasteiger partial charge in [0.15, 0.2) is 6.29 Å². The van der Waals surface area contributed by atoms with E-state index in [1.165, 1.54) is 0 Å². The van der Waals surface area contributed by atoms with Gasteiger partial charge in [0, 0.05) is 31.2 Å². The number of carbonyl (C=O) groups excluding carboxylic acids is 2. The summed E-state index contributed by atoms with van der Waals surface area (Å²) >= 11 is 11.9. The monoisotopic (exact) mass is 315 g/mol. The third-order valence-electron chi connectivity index (χ3n) is 3.32. The minimum absolute atomic E-state index is 0.156. The van der Waals surface area contributed by atoms with E-state index in [2.05, 4.69) is 0 Å². The Hall–Kier alpha value is -1.14. The van der Waals surface area contributed by atoms with Crippen LogP contribution in [0.1, 0.15) is 10.4 Å². The molecule has 0 saturated carbocycles. The van der Waals surface area contributed by atoms with Gasteiger partial charge in [-0.1, -0.05) is 23.2 Å². The lowest BCUT2D eigenvalue weighted by Gasteiger charge is -2.36. The van der Waals surface area contributed by atoms with Crippen molar-refractivity contribution in [3.63, 3.8) is 0 Å². The van der Waals surface area contributed by atoms with Gasteiger partial charge in [0.05, 0.1) is 10.6 Å². The fourth-order valence-electron chi connectivity index (χ4n) is 2.14. The topological polar surface area (TPSA) is 66.6 Å². The van der Waals surface area contributed by atoms with Crippen molar-refractivity contribution in [2.45, 2.75) is 6.17 Å². The van der Waals surface area contributed by atoms with Crippen LogP contribution in [0.4, 0.5) is 0 Å². The molecule has 2 rings (SSSR count). The third kappa shape index (κ3) is 3.30. The second-order valence-corrected chi connectivity index (χ2v) is 5.42. The van der Waals surface area contributed by atoms with E-state index in [1.54, 1.807) is 23.1 Å². The summed E-state index contributed by atoms with van der Waals surface area (Å²) in [5.41, 5.74) is 6.04. The molecular weight excluding hydrogens is 301 g/mol. The molecule has 1 unspecified atom stereocenters. The Kier molecular flexibility index (Phi) is 4.99. The standard InChI is InChI=1S/C13H15Cl2N3O2/c14-9-1-2-11(15)10(7-9)13(20)18-5-3-17(4-6-18)12(16)8-19/h1-2,7-8,12H,3-6,16H2. The number of benzene rings is 1. The number of amides is 1. The van der Waals surface area contributed by atoms with Crippen molar-refractivity contribution in [2.75, 3.05) is 26.2 Å². The Labute approximate surface area is 127 Å². The number of hydrogen-bond donors (Lipinski definition) is 1. The van der Waals surface area contributed by atoms with Crippen molar-refractivity contribution in [3.8, 4) is 0 Å². The summed E-state index contributed by atoms with van der Waals surface area (Å²) in [6, 6.07) is 4.81. The summed E-state index contributed by atoms with van der Waals surface area (Å²) in [4.78, 5) is 26.5. The first-order chi connectivity index (χ1) is 9.52. The predicted octanol–water partition coefficient (Wildman–Crippen LogP) is 1.23. The fraction of sp³-hybridized carbons (Fsp3) is 0.385. The second kappa shape index (κ2) is 6.54. The van der Waals surface area contributed by atoms with Gasteiger partial charge < -0.3 is 15.4 Å². The van der Waals surface area contributed by atoms with Crippen molar-refractivity contribution >= 4 is 35.4 Å². The first kappa shape index (κ1) is 15.3. The molecule has 0 spiro atoms. The van der Waals surface area contributed by atoms with Crippen molar-refractivity contribution in [2.24, 2.45) is 5.73 Å². The maximum absolute atomic E-state index is 12.4. The predicted molar refractivity (Wildman–Crippen MR) is 78.0 cm³/mol. The minimum Gasteiger partial charge on any atom is -0.336 e. The summed E-state index contributed by atoms with van der Waals surface area (Å²) in [6.07, 6.45) is 0.0905. The molecule has 1 saturated heterocycles. The van der Waals surface area contributed by atoms with Gasteiger partial charge in [-0.25, -0.2) is 0 Å². The molecule has 1 heterocycles. The van der Waals surface area contributed by atoms with Crippen LogP contribution in [-0.4, -0.2) is 54.3 Å². The Bertz CT molecular complexity index is 516. The molecule has 1 atom stereocenters. The highest BCUT2D eigenvalue weighted by Crippen LogP contribution is 2.22. The molecule has 1 amide bonds. The maximum atomic E-state index is 12.4. The van der Waals surface area contributed by atoms with Gasteiger partial charge in [0.2, 0.25) is 0 Å². The molecule has 2 N–H and O–H groups in total. The van der Waals surface area contributed by atoms with E-state index in [1.807, 2.05) is 4.90 Å². The maximum Gasteiger partial charge on any atom is 0.255 e. The van der Waals surface area contributed by atoms with Gasteiger partial charge in [0.25, 0.3) is 5.91 Å². The fourth-order valence-corrected chi connectivity index (χ4v) is 2.51. The van der Waals surface area contributed by atoms with E-state index in [0.717, 1.165) is 0 Å². The Balaban J connectivity index is 2.05. The van der Waals surface area contributed by atoms with Crippen molar-refractivity contribution in [1.82, 2.24) is 9.80 Å². The molecule has 1 aliphatic heterocycles. The zero-order valence-electron chi connectivity index (χ0n) is 10.8. The molecule has 5 nitrogen and oxygen atoms in total. The van der Waals surface area contributed by atoms with E-state index in [9.17, 15) is 9.59 Å². The van der Waals surface area contributed by atoms with Crippen LogP contribution < -0.4 is 5.73 Å². The van der Waals surface area contributed by atoms with Gasteiger partial charge in [-0.15, -0.1) is 0 Å². The number of halogens is 2. The normalized spacial score (nSPS) is 17.9. The molecule has 1 aromatic carbocycles. The van der Waals surface area contributed by atoms with E-state index >= 15 is 0 Å². The smallest absolute Gasteiger partial charge is 0.255 e. The number of hydrogen-bond acceptors (Lipinski definition) is 4. The zero-order chi connectivity index (χ0) is 14.7. The SMILES string of the molecule is NC(C=O)N1CCN(C(=O)c2cc(Cl)ccc2Cl)CC1. The summed E-state index contributed by atoms with van der Waals surface area (Å²) < 4.78 is 0. The lowest BCUT2D eigenvalue weighted by atomic mass is 10.1. The van der Waals surface area contributed by atoms with Crippen LogP contribution in [0.2, 0.25) is 10.0 Å². The van der Waals surface area contributed by atoms with Crippen LogP contribution >= 0.6 is 23.2 Å². The summed E-state index contributed by atoms with van der Waals surface area (Å²) in [5, 5.41) is 0.853. The Morgan fingerprint density at radius 3 is 2.50 bits per heavy atom. The molecular formula is C13H15Cl2N3O2. The molecule has 20 heavy (non-hydrogen) atoms. The number of rotatable bonds is 3. The van der Waals surface area contributed by atoms with Crippen LogP contribution in [-0.2, 0) is 4.79 Å². The molecule has 0 aliphatic carbocycles. The minimum atomic E-state index is -0.609. The van der Waals surface area contributed by atoms with E-state index < -0.39 is 6.17 Å². The van der Waals surface area contributed by atoms with Crippen LogP contribution in [0.3, 0.4) is 0 Å². The first-order valence-corrected chi connectivity index (χ1v) is 6.98. The molecule has 0 radical (unpaired) electrons. The molecule has 0 bridgehead atoms. The van der Waals surface area contributed by atoms with Crippen molar-refractivity contribution < 1.29 is 9.59 Å². The molecule has 108 valence electrons. The Morgan fingerprint density at radius 2 is 1.90 bits per heavy atom. The summed E-state index contributed by atoms with van der Waals surface area (Å²) in [5.74, 6) is -0.156. The molecule has 1 aliphatic rings. The quantitative estimate of drug-likeness (QED) is 0.852. The molecule has 1 fully saturated rings. The number of aldehydes is 1. The first-order valence-electron chi connectivity index (χ1n) is 6.22. The lowest BCUT2D eigenvalue weighted by Crippen LogP contribution is -2.55. The molecule has 7 heteroatoms. The van der Waals surface area contributed by atoms with Gasteiger partial charge in [-0.3, -0.25) is 9.69 Å². The van der Waals surface area contributed by atoms with Crippen molar-refractivity contribution in [3.05, 3.63) is 33.8 Å². The van der Waals surface area contributed by atoms with Crippen LogP contribution in [0.5, 0.6) is 0 Å². The average Bonchev–Trinajstić information content (AvgIpc) is 2.48. The van der Waals surface area contributed by atoms with Gasteiger partial charge in [-0.05, 0) is 18.2 Å². The van der Waals surface area contributed by atoms with Gasteiger partial charge in [0.1, 0.15) is 6.17 Å². The summed E-state index contributed by atoms with van der Waals surface area (Å²) in [6.45, 7) is 2.13. The van der Waals surface area contributed by atoms with Crippen LogP contribution in [0, 0.1) is 0 Å². The number of nitrogens with two attached hydrogens (primary N) is 1. The van der Waals surface area contributed by atoms with Crippen LogP contribution in [0.25, 0.3) is 0 Å². The molecule has 0 aromatic heterocycles. The van der Waals surface area contributed by atoms with E-state index in [4.69, 9.17) is 28.9 Å². The zero-order valence-corrected chi connectivity index (χ0v) is 12.3. The number of carbonyl (C=O) groups is 2. The number of nitrogens with zero attached hydrogens (tertiary/aromatic N) is 2. The highest BCUT2D eigenvalue weighted by atomic mass is 35.5. The second-order valence-electron chi connectivity index (χ2n) is 4.58. The third-order valence-corrected chi connectivity index (χ3v) is 3.89. The lowest BCUT2D eigenvalue weighted by molar-refractivity contribution is -0.112. The Morgan fingerprint density at radius 1 is 1.25 bits per heavy atom. The largest absolute Gasteiger partial charge is 0.336 e. The highest BCUT2D eigenvalue weighted by molar-refractivity contribution is 6.35. The van der Waals surface area contributed by atoms with Crippen molar-refractivity contribution in [1.29, 1.82) is 0 Å². The summed E-state index contributed by atoms with van der Waals surface area (Å²) in [7, 11) is 0. The number of piperazine rings is 1. The highest BCUT2D eigenvalue weighted by Gasteiger charge is 2.25.